The average Bonchev–Trinajstić information content (AvgIpc) is 2.39. The molecule has 1 rings (SSSR count). The molecule has 1 atom stereocenters. The molecular weight excluding hydrogens is 230 g/mol. The van der Waals surface area contributed by atoms with Crippen molar-refractivity contribution in [1.82, 2.24) is 4.90 Å². The van der Waals surface area contributed by atoms with Crippen LogP contribution in [-0.4, -0.2) is 35.0 Å². The highest BCUT2D eigenvalue weighted by Gasteiger charge is 2.16. The molecule has 0 radical (unpaired) electrons. The fraction of sp³-hybridized carbons (Fsp3) is 0.429. The van der Waals surface area contributed by atoms with Crippen LogP contribution in [0.3, 0.4) is 0 Å². The predicted octanol–water partition coefficient (Wildman–Crippen LogP) is 2.36. The zero-order valence-electron chi connectivity index (χ0n) is 11.0. The molecule has 0 aliphatic heterocycles. The van der Waals surface area contributed by atoms with Crippen LogP contribution in [0.2, 0.25) is 0 Å². The number of nitrogens with zero attached hydrogens (tertiary/aromatic N) is 1. The lowest BCUT2D eigenvalue weighted by molar-refractivity contribution is -0.138. The molecule has 0 aromatic heterocycles. The van der Waals surface area contributed by atoms with E-state index in [9.17, 15) is 9.59 Å². The number of carboxylic acid groups (broad SMARTS) is 1. The second-order valence-corrected chi connectivity index (χ2v) is 4.16. The second kappa shape index (κ2) is 6.19. The van der Waals surface area contributed by atoms with Crippen molar-refractivity contribution in [3.63, 3.8) is 0 Å². The Kier molecular flexibility index (Phi) is 4.89. The average molecular weight is 249 g/mol. The molecule has 0 fully saturated rings. The molecule has 1 aromatic carbocycles. The maximum atomic E-state index is 12.0. The molecule has 0 heterocycles. The lowest BCUT2D eigenvalue weighted by Crippen LogP contribution is -2.30. The molecule has 4 nitrogen and oxygen atoms in total. The zero-order chi connectivity index (χ0) is 13.7. The van der Waals surface area contributed by atoms with E-state index in [0.29, 0.717) is 24.2 Å². The number of rotatable bonds is 5. The quantitative estimate of drug-likeness (QED) is 0.871. The van der Waals surface area contributed by atoms with Crippen LogP contribution in [0.1, 0.15) is 42.6 Å². The Morgan fingerprint density at radius 2 is 1.67 bits per heavy atom. The Morgan fingerprint density at radius 1 is 1.17 bits per heavy atom. The van der Waals surface area contributed by atoms with Gasteiger partial charge in [0, 0.05) is 18.7 Å². The molecular formula is C14H19NO3. The topological polar surface area (TPSA) is 57.6 Å². The molecule has 0 spiro atoms. The minimum Gasteiger partial charge on any atom is -0.481 e. The summed E-state index contributed by atoms with van der Waals surface area (Å²) in [5.74, 6) is -1.44. The number of benzene rings is 1. The van der Waals surface area contributed by atoms with Gasteiger partial charge in [-0.05, 0) is 38.5 Å². The van der Waals surface area contributed by atoms with Gasteiger partial charge in [0.15, 0.2) is 0 Å². The van der Waals surface area contributed by atoms with E-state index in [0.717, 1.165) is 0 Å². The van der Waals surface area contributed by atoms with Gasteiger partial charge in [-0.25, -0.2) is 0 Å². The summed E-state index contributed by atoms with van der Waals surface area (Å²) in [6.07, 6.45) is 0. The van der Waals surface area contributed by atoms with Crippen LogP contribution in [0, 0.1) is 0 Å². The molecule has 4 heteroatoms. The Bertz CT molecular complexity index is 421. The first kappa shape index (κ1) is 14.2. The van der Waals surface area contributed by atoms with Crippen molar-refractivity contribution < 1.29 is 14.7 Å². The van der Waals surface area contributed by atoms with Gasteiger partial charge in [-0.15, -0.1) is 0 Å². The normalized spacial score (nSPS) is 11.9. The fourth-order valence-corrected chi connectivity index (χ4v) is 1.75. The summed E-state index contributed by atoms with van der Waals surface area (Å²) < 4.78 is 0. The summed E-state index contributed by atoms with van der Waals surface area (Å²) in [7, 11) is 0. The molecule has 0 aliphatic rings. The first-order valence-electron chi connectivity index (χ1n) is 6.13. The van der Waals surface area contributed by atoms with Gasteiger partial charge in [0.05, 0.1) is 5.92 Å². The summed E-state index contributed by atoms with van der Waals surface area (Å²) >= 11 is 0. The number of carboxylic acids is 1. The number of carbonyl (C=O) groups excluding carboxylic acids is 1. The second-order valence-electron chi connectivity index (χ2n) is 4.16. The largest absolute Gasteiger partial charge is 0.481 e. The maximum Gasteiger partial charge on any atom is 0.310 e. The Hall–Kier alpha value is -1.84. The van der Waals surface area contributed by atoms with E-state index in [2.05, 4.69) is 0 Å². The van der Waals surface area contributed by atoms with Gasteiger partial charge in [0.25, 0.3) is 5.91 Å². The number of carbonyl (C=O) groups is 2. The van der Waals surface area contributed by atoms with Crippen molar-refractivity contribution in [3.05, 3.63) is 35.4 Å². The van der Waals surface area contributed by atoms with Crippen LogP contribution < -0.4 is 0 Å². The molecule has 0 saturated heterocycles. The highest BCUT2D eigenvalue weighted by atomic mass is 16.4. The zero-order valence-corrected chi connectivity index (χ0v) is 11.0. The maximum absolute atomic E-state index is 12.0. The Morgan fingerprint density at radius 3 is 2.06 bits per heavy atom. The van der Waals surface area contributed by atoms with Crippen molar-refractivity contribution in [3.8, 4) is 0 Å². The van der Waals surface area contributed by atoms with Gasteiger partial charge in [-0.1, -0.05) is 12.1 Å². The first-order valence-corrected chi connectivity index (χ1v) is 6.13. The Labute approximate surface area is 107 Å². The molecule has 0 saturated carbocycles. The van der Waals surface area contributed by atoms with Crippen molar-refractivity contribution in [2.75, 3.05) is 13.1 Å². The van der Waals surface area contributed by atoms with Crippen LogP contribution in [-0.2, 0) is 4.79 Å². The summed E-state index contributed by atoms with van der Waals surface area (Å²) in [6, 6.07) is 6.79. The van der Waals surface area contributed by atoms with E-state index in [-0.39, 0.29) is 5.91 Å². The number of hydrogen-bond donors (Lipinski definition) is 1. The monoisotopic (exact) mass is 249 g/mol. The third kappa shape index (κ3) is 3.09. The molecule has 1 amide bonds. The fourth-order valence-electron chi connectivity index (χ4n) is 1.75. The summed E-state index contributed by atoms with van der Waals surface area (Å²) in [5, 5.41) is 8.90. The van der Waals surface area contributed by atoms with Crippen molar-refractivity contribution in [1.29, 1.82) is 0 Å². The molecule has 0 bridgehead atoms. The van der Waals surface area contributed by atoms with E-state index < -0.39 is 11.9 Å². The van der Waals surface area contributed by atoms with Gasteiger partial charge in [-0.2, -0.15) is 0 Å². The van der Waals surface area contributed by atoms with Crippen molar-refractivity contribution in [2.45, 2.75) is 26.7 Å². The van der Waals surface area contributed by atoms with Crippen molar-refractivity contribution in [2.24, 2.45) is 0 Å². The van der Waals surface area contributed by atoms with E-state index >= 15 is 0 Å². The van der Waals surface area contributed by atoms with Crippen molar-refractivity contribution >= 4 is 11.9 Å². The summed E-state index contributed by atoms with van der Waals surface area (Å²) in [4.78, 5) is 24.6. The van der Waals surface area contributed by atoms with Crippen LogP contribution in [0.15, 0.2) is 24.3 Å². The van der Waals surface area contributed by atoms with E-state index in [1.165, 1.54) is 0 Å². The summed E-state index contributed by atoms with van der Waals surface area (Å²) in [6.45, 7) is 6.83. The van der Waals surface area contributed by atoms with Gasteiger partial charge in [0.1, 0.15) is 0 Å². The van der Waals surface area contributed by atoms with Gasteiger partial charge >= 0.3 is 5.97 Å². The van der Waals surface area contributed by atoms with Gasteiger partial charge in [0.2, 0.25) is 0 Å². The number of hydrogen-bond acceptors (Lipinski definition) is 2. The van der Waals surface area contributed by atoms with E-state index in [4.69, 9.17) is 5.11 Å². The first-order chi connectivity index (χ1) is 8.51. The minimum absolute atomic E-state index is 0.0190. The van der Waals surface area contributed by atoms with Crippen LogP contribution in [0.4, 0.5) is 0 Å². The third-order valence-corrected chi connectivity index (χ3v) is 3.08. The molecule has 1 aromatic rings. The van der Waals surface area contributed by atoms with Gasteiger partial charge in [-0.3, -0.25) is 9.59 Å². The Balaban J connectivity index is 2.89. The third-order valence-electron chi connectivity index (χ3n) is 3.08. The number of amides is 1. The molecule has 1 unspecified atom stereocenters. The van der Waals surface area contributed by atoms with Crippen LogP contribution >= 0.6 is 0 Å². The van der Waals surface area contributed by atoms with Crippen LogP contribution in [0.5, 0.6) is 0 Å². The van der Waals surface area contributed by atoms with E-state index in [1.54, 1.807) is 36.1 Å². The lowest BCUT2D eigenvalue weighted by atomic mass is 10.00. The van der Waals surface area contributed by atoms with Crippen LogP contribution in [0.25, 0.3) is 0 Å². The number of aliphatic carboxylic acids is 1. The molecule has 0 aliphatic carbocycles. The predicted molar refractivity (Wildman–Crippen MR) is 69.7 cm³/mol. The summed E-state index contributed by atoms with van der Waals surface area (Å²) in [5.41, 5.74) is 1.30. The molecule has 98 valence electrons. The highest BCUT2D eigenvalue weighted by Crippen LogP contribution is 2.16. The smallest absolute Gasteiger partial charge is 0.310 e. The van der Waals surface area contributed by atoms with Gasteiger partial charge < -0.3 is 10.0 Å². The minimum atomic E-state index is -0.863. The highest BCUT2D eigenvalue weighted by molar-refractivity contribution is 5.94. The lowest BCUT2D eigenvalue weighted by Gasteiger charge is -2.18. The van der Waals surface area contributed by atoms with E-state index in [1.807, 2.05) is 13.8 Å². The molecule has 1 N–H and O–H groups in total. The SMILES string of the molecule is CCN(CC)C(=O)c1ccc(C(C)C(=O)O)cc1. The molecule has 18 heavy (non-hydrogen) atoms. The standard InChI is InChI=1S/C14H19NO3/c1-4-15(5-2)13(16)12-8-6-11(7-9-12)10(3)14(17)18/h6-10H,4-5H2,1-3H3,(H,17,18).